The Morgan fingerprint density at radius 2 is 2.50 bits per heavy atom. The van der Waals surface area contributed by atoms with Crippen LogP contribution >= 0.6 is 11.6 Å². The summed E-state index contributed by atoms with van der Waals surface area (Å²) in [6.07, 6.45) is 1.07. The molecule has 2 nitrogen and oxygen atoms in total. The van der Waals surface area contributed by atoms with Crippen molar-refractivity contribution in [1.82, 2.24) is 5.32 Å². The van der Waals surface area contributed by atoms with Crippen LogP contribution in [0.1, 0.15) is 6.42 Å². The Labute approximate surface area is 54.4 Å². The van der Waals surface area contributed by atoms with Crippen LogP contribution in [0.3, 0.4) is 0 Å². The van der Waals surface area contributed by atoms with Gasteiger partial charge in [0, 0.05) is 12.5 Å². The van der Waals surface area contributed by atoms with E-state index in [1.54, 1.807) is 0 Å². The molecule has 0 aromatic carbocycles. The molecular formula is C5H10ClN2. The van der Waals surface area contributed by atoms with Crippen LogP contribution in [-0.4, -0.2) is 18.6 Å². The van der Waals surface area contributed by atoms with Crippen molar-refractivity contribution in [1.29, 1.82) is 0 Å². The summed E-state index contributed by atoms with van der Waals surface area (Å²) in [7, 11) is 0. The van der Waals surface area contributed by atoms with Gasteiger partial charge in [-0.15, -0.1) is 11.6 Å². The van der Waals surface area contributed by atoms with E-state index in [-0.39, 0.29) is 5.50 Å². The molecule has 0 spiro atoms. The van der Waals surface area contributed by atoms with Crippen LogP contribution in [0.2, 0.25) is 0 Å². The van der Waals surface area contributed by atoms with Crippen molar-refractivity contribution in [3.63, 3.8) is 0 Å². The fraction of sp³-hybridized carbons (Fsp3) is 1.00. The first-order chi connectivity index (χ1) is 3.84. The molecule has 0 aromatic rings. The van der Waals surface area contributed by atoms with Gasteiger partial charge in [0.2, 0.25) is 0 Å². The zero-order chi connectivity index (χ0) is 5.98. The summed E-state index contributed by atoms with van der Waals surface area (Å²) in [6.45, 7) is 1.58. The lowest BCUT2D eigenvalue weighted by Gasteiger charge is -2.06. The molecule has 0 bridgehead atoms. The molecule has 0 aromatic heterocycles. The third kappa shape index (κ3) is 1.13. The van der Waals surface area contributed by atoms with Crippen LogP contribution < -0.4 is 11.1 Å². The number of nitrogens with zero attached hydrogens (tertiary/aromatic N) is 1. The van der Waals surface area contributed by atoms with Crippen LogP contribution in [0, 0.1) is 5.92 Å². The first-order valence-corrected chi connectivity index (χ1v) is 3.29. The molecule has 1 aliphatic heterocycles. The second-order valence-electron chi connectivity index (χ2n) is 2.06. The smallest absolute Gasteiger partial charge is 0.102 e. The molecule has 8 heavy (non-hydrogen) atoms. The van der Waals surface area contributed by atoms with E-state index in [0.717, 1.165) is 13.0 Å². The van der Waals surface area contributed by atoms with Gasteiger partial charge in [0.1, 0.15) is 5.50 Å². The molecule has 3 heteroatoms. The minimum absolute atomic E-state index is 0.000000000000000222. The standard InChI is InChI=1S/C5H10ClN2/c6-5-4(3-7)1-2-8-5/h4-5H,1-3,7H2. The molecule has 0 saturated carbocycles. The van der Waals surface area contributed by atoms with Gasteiger partial charge in [0.05, 0.1) is 0 Å². The lowest BCUT2D eigenvalue weighted by atomic mass is 10.1. The van der Waals surface area contributed by atoms with Crippen molar-refractivity contribution in [2.45, 2.75) is 11.9 Å². The fourth-order valence-corrected chi connectivity index (χ4v) is 1.21. The minimum atomic E-state index is -0.000000000000000222. The quantitative estimate of drug-likeness (QED) is 0.401. The second-order valence-corrected chi connectivity index (χ2v) is 2.51. The molecule has 1 saturated heterocycles. The first-order valence-electron chi connectivity index (χ1n) is 2.85. The Morgan fingerprint density at radius 3 is 2.75 bits per heavy atom. The average molecular weight is 134 g/mol. The molecule has 1 heterocycles. The predicted molar refractivity (Wildman–Crippen MR) is 33.8 cm³/mol. The number of hydrogen-bond donors (Lipinski definition) is 1. The Morgan fingerprint density at radius 1 is 1.75 bits per heavy atom. The monoisotopic (exact) mass is 133 g/mol. The number of nitrogens with two attached hydrogens (primary N) is 1. The summed E-state index contributed by atoms with van der Waals surface area (Å²) < 4.78 is 0. The van der Waals surface area contributed by atoms with Crippen LogP contribution in [0.5, 0.6) is 0 Å². The van der Waals surface area contributed by atoms with Gasteiger partial charge in [-0.3, -0.25) is 0 Å². The lowest BCUT2D eigenvalue weighted by molar-refractivity contribution is 0.557. The predicted octanol–water partition coefficient (Wildman–Crippen LogP) is 0.134. The van der Waals surface area contributed by atoms with Crippen LogP contribution in [0.15, 0.2) is 0 Å². The molecule has 2 atom stereocenters. The van der Waals surface area contributed by atoms with Crippen molar-refractivity contribution in [3.8, 4) is 0 Å². The number of halogens is 1. The summed E-state index contributed by atoms with van der Waals surface area (Å²) in [6, 6.07) is 0. The van der Waals surface area contributed by atoms with E-state index in [0.29, 0.717) is 12.5 Å². The lowest BCUT2D eigenvalue weighted by Crippen LogP contribution is -2.21. The Kier molecular flexibility index (Phi) is 2.11. The molecule has 47 valence electrons. The van der Waals surface area contributed by atoms with E-state index in [4.69, 9.17) is 17.3 Å². The summed E-state index contributed by atoms with van der Waals surface area (Å²) in [5, 5.41) is 4.07. The van der Waals surface area contributed by atoms with Gasteiger partial charge >= 0.3 is 0 Å². The highest BCUT2D eigenvalue weighted by Crippen LogP contribution is 2.17. The van der Waals surface area contributed by atoms with Gasteiger partial charge in [0.15, 0.2) is 0 Å². The summed E-state index contributed by atoms with van der Waals surface area (Å²) in [4.78, 5) is 0. The second kappa shape index (κ2) is 2.67. The topological polar surface area (TPSA) is 40.1 Å². The Hall–Kier alpha value is 0.210. The zero-order valence-electron chi connectivity index (χ0n) is 4.68. The molecular weight excluding hydrogens is 124 g/mol. The van der Waals surface area contributed by atoms with E-state index in [1.165, 1.54) is 0 Å². The molecule has 1 fully saturated rings. The molecule has 0 aliphatic carbocycles. The average Bonchev–Trinajstić information content (AvgIpc) is 2.14. The van der Waals surface area contributed by atoms with E-state index in [2.05, 4.69) is 5.32 Å². The third-order valence-corrected chi connectivity index (χ3v) is 1.99. The van der Waals surface area contributed by atoms with Gasteiger partial charge < -0.3 is 5.73 Å². The molecule has 2 N–H and O–H groups in total. The molecule has 2 unspecified atom stereocenters. The molecule has 0 amide bonds. The molecule has 1 radical (unpaired) electrons. The summed E-state index contributed by atoms with van der Waals surface area (Å²) in [5.41, 5.74) is 5.38. The SMILES string of the molecule is NCC1CC[N]C1Cl. The van der Waals surface area contributed by atoms with Gasteiger partial charge in [-0.2, -0.15) is 0 Å². The van der Waals surface area contributed by atoms with Crippen molar-refractivity contribution in [3.05, 3.63) is 0 Å². The number of rotatable bonds is 1. The van der Waals surface area contributed by atoms with Gasteiger partial charge in [-0.05, 0) is 13.0 Å². The number of hydrogen-bond acceptors (Lipinski definition) is 1. The van der Waals surface area contributed by atoms with Gasteiger partial charge in [0.25, 0.3) is 0 Å². The molecule has 1 rings (SSSR count). The van der Waals surface area contributed by atoms with E-state index < -0.39 is 0 Å². The maximum atomic E-state index is 5.73. The summed E-state index contributed by atoms with van der Waals surface area (Å²) in [5.74, 6) is 0.441. The maximum absolute atomic E-state index is 5.73. The van der Waals surface area contributed by atoms with Crippen LogP contribution in [0.4, 0.5) is 0 Å². The highest BCUT2D eigenvalue weighted by atomic mass is 35.5. The van der Waals surface area contributed by atoms with Crippen molar-refractivity contribution < 1.29 is 0 Å². The van der Waals surface area contributed by atoms with Crippen LogP contribution in [0.25, 0.3) is 0 Å². The largest absolute Gasteiger partial charge is 0.330 e. The normalized spacial score (nSPS) is 38.2. The number of alkyl halides is 1. The van der Waals surface area contributed by atoms with Crippen molar-refractivity contribution in [2.24, 2.45) is 11.7 Å². The Balaban J connectivity index is 2.30. The highest BCUT2D eigenvalue weighted by molar-refractivity contribution is 6.20. The Bertz CT molecular complexity index is 76.8. The third-order valence-electron chi connectivity index (χ3n) is 1.50. The molecule has 1 aliphatic rings. The zero-order valence-corrected chi connectivity index (χ0v) is 5.43. The van der Waals surface area contributed by atoms with E-state index in [9.17, 15) is 0 Å². The first kappa shape index (κ1) is 6.33. The fourth-order valence-electron chi connectivity index (χ4n) is 0.880. The summed E-state index contributed by atoms with van der Waals surface area (Å²) >= 11 is 5.73. The van der Waals surface area contributed by atoms with Crippen molar-refractivity contribution >= 4 is 11.6 Å². The van der Waals surface area contributed by atoms with E-state index in [1.807, 2.05) is 0 Å². The van der Waals surface area contributed by atoms with E-state index >= 15 is 0 Å². The highest BCUT2D eigenvalue weighted by Gasteiger charge is 2.23. The minimum Gasteiger partial charge on any atom is -0.330 e. The van der Waals surface area contributed by atoms with Gasteiger partial charge in [-0.25, -0.2) is 5.32 Å². The van der Waals surface area contributed by atoms with Gasteiger partial charge in [-0.1, -0.05) is 0 Å². The van der Waals surface area contributed by atoms with Crippen LogP contribution in [-0.2, 0) is 0 Å². The maximum Gasteiger partial charge on any atom is 0.102 e. The van der Waals surface area contributed by atoms with Crippen molar-refractivity contribution in [2.75, 3.05) is 13.1 Å².